The third kappa shape index (κ3) is 5.25. The van der Waals surface area contributed by atoms with E-state index < -0.39 is 21.3 Å². The summed E-state index contributed by atoms with van der Waals surface area (Å²) in [5, 5.41) is 0.767. The van der Waals surface area contributed by atoms with Gasteiger partial charge in [0.05, 0.1) is 44.9 Å². The maximum Gasteiger partial charge on any atom is 0.220 e. The van der Waals surface area contributed by atoms with Crippen molar-refractivity contribution in [2.24, 2.45) is 0 Å². The molecule has 0 bridgehead atoms. The van der Waals surface area contributed by atoms with Crippen LogP contribution in [0.5, 0.6) is 5.75 Å². The number of aromatic nitrogens is 3. The van der Waals surface area contributed by atoms with Crippen LogP contribution < -0.4 is 15.2 Å². The molecule has 1 saturated heterocycles. The number of nitrogens with zero attached hydrogens (tertiary/aromatic N) is 3. The van der Waals surface area contributed by atoms with E-state index in [4.69, 9.17) is 15.2 Å². The summed E-state index contributed by atoms with van der Waals surface area (Å²) >= 11 is 0. The second-order valence-electron chi connectivity index (χ2n) is 9.18. The maximum atomic E-state index is 14.4. The Morgan fingerprint density at radius 1 is 1.08 bits per heavy atom. The van der Waals surface area contributed by atoms with Crippen LogP contribution in [0, 0.1) is 25.5 Å². The summed E-state index contributed by atoms with van der Waals surface area (Å²) in [5.41, 5.74) is 9.60. The number of halogens is 2. The molecule has 0 aliphatic carbocycles. The van der Waals surface area contributed by atoms with E-state index in [2.05, 4.69) is 25.5 Å². The van der Waals surface area contributed by atoms with E-state index in [0.717, 1.165) is 35.9 Å². The van der Waals surface area contributed by atoms with Crippen molar-refractivity contribution in [2.45, 2.75) is 37.7 Å². The zero-order chi connectivity index (χ0) is 27.0. The van der Waals surface area contributed by atoms with Gasteiger partial charge in [-0.15, -0.1) is 0 Å². The fraction of sp³-hybridized carbons (Fsp3) is 0.259. The average Bonchev–Trinajstić information content (AvgIpc) is 2.86. The molecule has 2 aromatic heterocycles. The lowest BCUT2D eigenvalue weighted by Crippen LogP contribution is -2.26. The van der Waals surface area contributed by atoms with Crippen molar-refractivity contribution < 1.29 is 22.5 Å². The highest BCUT2D eigenvalue weighted by molar-refractivity contribution is 8.01. The quantitative estimate of drug-likeness (QED) is 0.338. The Morgan fingerprint density at radius 3 is 2.58 bits per heavy atom. The molecule has 0 radical (unpaired) electrons. The Kier molecular flexibility index (Phi) is 6.89. The number of hydrogen-bond acceptors (Lipinski definition) is 7. The number of ether oxygens (including phenoxy) is 2. The molecule has 11 heteroatoms. The third-order valence-electron chi connectivity index (χ3n) is 6.38. The molecule has 1 aliphatic rings. The van der Waals surface area contributed by atoms with Crippen LogP contribution in [0.3, 0.4) is 0 Å². The van der Waals surface area contributed by atoms with Gasteiger partial charge in [0, 0.05) is 36.1 Å². The minimum Gasteiger partial charge on any atom is -0.488 e. The average molecular weight is 540 g/mol. The smallest absolute Gasteiger partial charge is 0.220 e. The monoisotopic (exact) mass is 539 g/mol. The largest absolute Gasteiger partial charge is 0.488 e. The van der Waals surface area contributed by atoms with Gasteiger partial charge < -0.3 is 19.9 Å². The molecule has 38 heavy (non-hydrogen) atoms. The van der Waals surface area contributed by atoms with Crippen LogP contribution in [0.15, 0.2) is 47.5 Å². The molecule has 0 amide bonds. The second-order valence-corrected chi connectivity index (χ2v) is 11.2. The van der Waals surface area contributed by atoms with E-state index in [1.54, 1.807) is 19.2 Å². The molecule has 1 atom stereocenters. The molecule has 198 valence electrons. The molecule has 1 unspecified atom stereocenters. The third-order valence-corrected chi connectivity index (χ3v) is 7.97. The summed E-state index contributed by atoms with van der Waals surface area (Å²) in [4.78, 5) is 13.0. The van der Waals surface area contributed by atoms with Crippen LogP contribution in [0.2, 0.25) is 0 Å². The highest BCUT2D eigenvalue weighted by Gasteiger charge is 2.20. The molecule has 8 nitrogen and oxygen atoms in total. The lowest BCUT2D eigenvalue weighted by Gasteiger charge is -2.24. The molecule has 3 heterocycles. The van der Waals surface area contributed by atoms with Crippen molar-refractivity contribution in [3.63, 3.8) is 0 Å². The number of hydrogen-bond donors (Lipinski definition) is 2. The van der Waals surface area contributed by atoms with E-state index >= 15 is 0 Å². The zero-order valence-corrected chi connectivity index (χ0v) is 21.8. The Hall–Kier alpha value is -3.83. The summed E-state index contributed by atoms with van der Waals surface area (Å²) in [6, 6.07) is 8.37. The van der Waals surface area contributed by atoms with Gasteiger partial charge in [0.15, 0.2) is 0 Å². The minimum absolute atomic E-state index is 0.0338. The Morgan fingerprint density at radius 2 is 1.84 bits per heavy atom. The van der Waals surface area contributed by atoms with Crippen molar-refractivity contribution in [1.82, 2.24) is 15.0 Å². The highest BCUT2D eigenvalue weighted by atomic mass is 32.2. The molecule has 1 fully saturated rings. The Labute approximate surface area is 219 Å². The van der Waals surface area contributed by atoms with Gasteiger partial charge >= 0.3 is 0 Å². The van der Waals surface area contributed by atoms with Gasteiger partial charge in [-0.2, -0.15) is 0 Å². The van der Waals surface area contributed by atoms with Crippen LogP contribution in [-0.4, -0.2) is 44.3 Å². The van der Waals surface area contributed by atoms with Crippen molar-refractivity contribution >= 4 is 38.1 Å². The molecule has 1 aliphatic heterocycles. The number of aryl methyl sites for hydroxylation is 2. The fourth-order valence-electron chi connectivity index (χ4n) is 4.37. The first-order chi connectivity index (χ1) is 18.1. The number of rotatable bonds is 6. The van der Waals surface area contributed by atoms with Gasteiger partial charge in [0.2, 0.25) is 5.95 Å². The van der Waals surface area contributed by atoms with Gasteiger partial charge in [-0.3, -0.25) is 4.98 Å². The summed E-state index contributed by atoms with van der Waals surface area (Å²) in [5.74, 6) is 2.68. The van der Waals surface area contributed by atoms with E-state index in [-0.39, 0.29) is 16.9 Å². The number of nitrogens with two attached hydrogens (primary N) is 1. The van der Waals surface area contributed by atoms with Gasteiger partial charge in [-0.1, -0.05) is 0 Å². The van der Waals surface area contributed by atoms with Gasteiger partial charge in [-0.05, 0) is 55.6 Å². The van der Waals surface area contributed by atoms with Crippen molar-refractivity contribution in [2.75, 3.05) is 23.7 Å². The Bertz CT molecular complexity index is 1640. The van der Waals surface area contributed by atoms with Crippen LogP contribution in [0.25, 0.3) is 22.0 Å². The minimum atomic E-state index is -3.36. The zero-order valence-electron chi connectivity index (χ0n) is 21.0. The standard InChI is InChI=1S/C27H27F2N5O3S/c1-15-21-10-17(12-24(26(21)33-27(30)32-15)37-20-6-8-36-9-7-20)18-11-23(16(2)31-14-18)34-38(3,35)25-5-4-19(28)13-22(25)29/h4-5,10-14,20H,3,6-9H2,1-2H3,(H,34,35)(H2,30,32,33). The van der Waals surface area contributed by atoms with Crippen molar-refractivity contribution in [1.29, 1.82) is 0 Å². The number of fused-ring (bicyclic) bond motifs is 1. The van der Waals surface area contributed by atoms with Crippen molar-refractivity contribution in [3.8, 4) is 16.9 Å². The molecule has 3 N–H and O–H groups in total. The van der Waals surface area contributed by atoms with E-state index in [0.29, 0.717) is 53.2 Å². The first kappa shape index (κ1) is 25.8. The normalized spacial score (nSPS) is 15.8. The molecule has 5 rings (SSSR count). The topological polar surface area (TPSA) is 112 Å². The predicted molar refractivity (Wildman–Crippen MR) is 145 cm³/mol. The molecule has 0 spiro atoms. The van der Waals surface area contributed by atoms with Crippen molar-refractivity contribution in [3.05, 3.63) is 65.6 Å². The lowest BCUT2D eigenvalue weighted by atomic mass is 10.0. The van der Waals surface area contributed by atoms with Crippen LogP contribution >= 0.6 is 0 Å². The van der Waals surface area contributed by atoms with Crippen LogP contribution in [0.1, 0.15) is 24.2 Å². The summed E-state index contributed by atoms with van der Waals surface area (Å²) < 4.78 is 55.8. The fourth-order valence-corrected chi connectivity index (χ4v) is 5.70. The maximum absolute atomic E-state index is 14.4. The number of benzene rings is 2. The summed E-state index contributed by atoms with van der Waals surface area (Å²) in [6.07, 6.45) is 3.15. The van der Waals surface area contributed by atoms with Crippen LogP contribution in [0.4, 0.5) is 20.4 Å². The predicted octanol–water partition coefficient (Wildman–Crippen LogP) is 4.83. The molecular weight excluding hydrogens is 512 g/mol. The Balaban J connectivity index is 1.57. The van der Waals surface area contributed by atoms with E-state index in [1.165, 1.54) is 0 Å². The lowest BCUT2D eigenvalue weighted by molar-refractivity contribution is 0.0261. The van der Waals surface area contributed by atoms with E-state index in [1.807, 2.05) is 19.1 Å². The first-order valence-corrected chi connectivity index (χ1v) is 13.7. The first-order valence-electron chi connectivity index (χ1n) is 12.0. The molecule has 0 saturated carbocycles. The number of pyridine rings is 1. The van der Waals surface area contributed by atoms with Gasteiger partial charge in [0.25, 0.3) is 0 Å². The number of nitrogens with one attached hydrogen (secondary N) is 1. The van der Waals surface area contributed by atoms with Gasteiger partial charge in [-0.25, -0.2) is 23.0 Å². The molecular formula is C27H27F2N5O3S. The molecule has 2 aromatic carbocycles. The second kappa shape index (κ2) is 10.1. The number of anilines is 2. The number of nitrogen functional groups attached to an aromatic ring is 1. The summed E-state index contributed by atoms with van der Waals surface area (Å²) in [7, 11) is -3.36. The van der Waals surface area contributed by atoms with Gasteiger partial charge in [0.1, 0.15) is 29.0 Å². The van der Waals surface area contributed by atoms with Crippen LogP contribution in [-0.2, 0) is 14.4 Å². The highest BCUT2D eigenvalue weighted by Crippen LogP contribution is 2.35. The van der Waals surface area contributed by atoms with E-state index in [9.17, 15) is 13.0 Å². The molecule has 4 aromatic rings. The SMILES string of the molecule is C=S(=O)(Nc1cc(-c2cc(OC3CCOCC3)c3nc(N)nc(C)c3c2)cnc1C)c1ccc(F)cc1F. The summed E-state index contributed by atoms with van der Waals surface area (Å²) in [6.45, 7) is 4.81.